The van der Waals surface area contributed by atoms with Crippen molar-refractivity contribution in [3.05, 3.63) is 72.3 Å². The Morgan fingerprint density at radius 2 is 1.42 bits per heavy atom. The van der Waals surface area contributed by atoms with Crippen LogP contribution >= 0.6 is 0 Å². The lowest BCUT2D eigenvalue weighted by Crippen LogP contribution is -2.23. The van der Waals surface area contributed by atoms with E-state index in [1.165, 1.54) is 18.4 Å². The van der Waals surface area contributed by atoms with Crippen molar-refractivity contribution < 1.29 is 5.11 Å². The first-order chi connectivity index (χ1) is 9.42. The Labute approximate surface area is 115 Å². The maximum Gasteiger partial charge on any atom is 0.0961 e. The molecule has 2 aromatic carbocycles. The molecule has 19 heavy (non-hydrogen) atoms. The fourth-order valence-electron chi connectivity index (χ4n) is 2.43. The van der Waals surface area contributed by atoms with Gasteiger partial charge >= 0.3 is 0 Å². The lowest BCUT2D eigenvalue weighted by Gasteiger charge is -2.21. The average Bonchev–Trinajstić information content (AvgIpc) is 2.99. The minimum Gasteiger partial charge on any atom is -0.381 e. The van der Waals surface area contributed by atoms with Gasteiger partial charge in [0.15, 0.2) is 0 Å². The zero-order valence-electron chi connectivity index (χ0n) is 11.2. The second-order valence-corrected chi connectivity index (χ2v) is 4.68. The van der Waals surface area contributed by atoms with Gasteiger partial charge in [-0.3, -0.25) is 4.90 Å². The van der Waals surface area contributed by atoms with E-state index >= 15 is 0 Å². The Balaban J connectivity index is 0.000000186. The molecule has 1 unspecified atom stereocenters. The van der Waals surface area contributed by atoms with Crippen molar-refractivity contribution in [3.63, 3.8) is 0 Å². The molecule has 1 aliphatic heterocycles. The fourth-order valence-corrected chi connectivity index (χ4v) is 2.43. The summed E-state index contributed by atoms with van der Waals surface area (Å²) in [5, 5.41) is 9.12. The van der Waals surface area contributed by atoms with Crippen LogP contribution in [0.4, 0.5) is 0 Å². The molecule has 1 heterocycles. The molecule has 0 aliphatic carbocycles. The number of rotatable bonds is 2. The van der Waals surface area contributed by atoms with E-state index in [4.69, 9.17) is 5.11 Å². The van der Waals surface area contributed by atoms with Crippen LogP contribution in [0.5, 0.6) is 0 Å². The van der Waals surface area contributed by atoms with Crippen molar-refractivity contribution in [2.24, 2.45) is 0 Å². The predicted octanol–water partition coefficient (Wildman–Crippen LogP) is 3.46. The SMILES string of the molecule is OCN1CCCC1c1ccccc1.c1ccccc1. The van der Waals surface area contributed by atoms with Crippen LogP contribution in [0.15, 0.2) is 66.7 Å². The molecule has 0 spiro atoms. The quantitative estimate of drug-likeness (QED) is 0.888. The molecule has 100 valence electrons. The smallest absolute Gasteiger partial charge is 0.0961 e. The minimum atomic E-state index is 0.180. The first-order valence-corrected chi connectivity index (χ1v) is 6.81. The Morgan fingerprint density at radius 1 is 0.895 bits per heavy atom. The molecule has 1 aliphatic rings. The summed E-state index contributed by atoms with van der Waals surface area (Å²) in [4.78, 5) is 2.12. The predicted molar refractivity (Wildman–Crippen MR) is 78.7 cm³/mol. The lowest BCUT2D eigenvalue weighted by molar-refractivity contribution is 0.0963. The summed E-state index contributed by atoms with van der Waals surface area (Å²) in [6, 6.07) is 22.9. The number of hydrogen-bond acceptors (Lipinski definition) is 2. The van der Waals surface area contributed by atoms with Crippen molar-refractivity contribution in [2.45, 2.75) is 18.9 Å². The van der Waals surface area contributed by atoms with Gasteiger partial charge in [0, 0.05) is 12.6 Å². The van der Waals surface area contributed by atoms with Gasteiger partial charge in [-0.15, -0.1) is 0 Å². The summed E-state index contributed by atoms with van der Waals surface area (Å²) in [6.45, 7) is 1.20. The van der Waals surface area contributed by atoms with Gasteiger partial charge in [-0.2, -0.15) is 0 Å². The molecule has 1 atom stereocenters. The molecule has 0 radical (unpaired) electrons. The first kappa shape index (κ1) is 13.8. The number of nitrogens with zero attached hydrogens (tertiary/aromatic N) is 1. The molecule has 3 rings (SSSR count). The zero-order chi connectivity index (χ0) is 13.3. The highest BCUT2D eigenvalue weighted by Crippen LogP contribution is 2.30. The molecule has 1 N–H and O–H groups in total. The number of aliphatic hydroxyl groups excluding tert-OH is 1. The fraction of sp³-hybridized carbons (Fsp3) is 0.294. The molecule has 2 heteroatoms. The van der Waals surface area contributed by atoms with Crippen molar-refractivity contribution >= 4 is 0 Å². The van der Waals surface area contributed by atoms with Crippen LogP contribution in [0, 0.1) is 0 Å². The van der Waals surface area contributed by atoms with Crippen molar-refractivity contribution in [3.8, 4) is 0 Å². The van der Waals surface area contributed by atoms with Gasteiger partial charge in [0.25, 0.3) is 0 Å². The maximum absolute atomic E-state index is 9.12. The van der Waals surface area contributed by atoms with E-state index < -0.39 is 0 Å². The van der Waals surface area contributed by atoms with Crippen LogP contribution in [0.3, 0.4) is 0 Å². The number of likely N-dealkylation sites (tertiary alicyclic amines) is 1. The van der Waals surface area contributed by atoms with Crippen molar-refractivity contribution in [1.82, 2.24) is 4.90 Å². The molecule has 0 amide bonds. The highest BCUT2D eigenvalue weighted by molar-refractivity contribution is 5.19. The second-order valence-electron chi connectivity index (χ2n) is 4.68. The number of aliphatic hydroxyl groups is 1. The van der Waals surface area contributed by atoms with E-state index in [0.29, 0.717) is 6.04 Å². The summed E-state index contributed by atoms with van der Waals surface area (Å²) >= 11 is 0. The molecule has 0 bridgehead atoms. The van der Waals surface area contributed by atoms with Crippen LogP contribution in [0.1, 0.15) is 24.4 Å². The molecule has 1 fully saturated rings. The molecule has 1 saturated heterocycles. The van der Waals surface area contributed by atoms with Gasteiger partial charge < -0.3 is 5.11 Å². The molecule has 0 aromatic heterocycles. The van der Waals surface area contributed by atoms with E-state index in [2.05, 4.69) is 29.2 Å². The molecular weight excluding hydrogens is 234 g/mol. The number of hydrogen-bond donors (Lipinski definition) is 1. The lowest BCUT2D eigenvalue weighted by atomic mass is 10.1. The molecular formula is C17H21NO. The normalized spacial score (nSPS) is 18.7. The second kappa shape index (κ2) is 7.72. The van der Waals surface area contributed by atoms with Gasteiger partial charge in [0.2, 0.25) is 0 Å². The van der Waals surface area contributed by atoms with Crippen LogP contribution in [0.2, 0.25) is 0 Å². The van der Waals surface area contributed by atoms with Gasteiger partial charge in [0.05, 0.1) is 6.73 Å². The van der Waals surface area contributed by atoms with Gasteiger partial charge in [-0.25, -0.2) is 0 Å². The van der Waals surface area contributed by atoms with E-state index in [1.807, 2.05) is 42.5 Å². The molecule has 0 saturated carbocycles. The Kier molecular flexibility index (Phi) is 5.60. The Hall–Kier alpha value is -1.64. The van der Waals surface area contributed by atoms with Crippen molar-refractivity contribution in [1.29, 1.82) is 0 Å². The van der Waals surface area contributed by atoms with Crippen LogP contribution in [-0.2, 0) is 0 Å². The molecule has 2 aromatic rings. The van der Waals surface area contributed by atoms with Gasteiger partial charge in [-0.05, 0) is 18.4 Å². The Bertz CT molecular complexity index is 417. The summed E-state index contributed by atoms with van der Waals surface area (Å²) in [5.41, 5.74) is 1.33. The zero-order valence-corrected chi connectivity index (χ0v) is 11.2. The summed E-state index contributed by atoms with van der Waals surface area (Å²) < 4.78 is 0. The summed E-state index contributed by atoms with van der Waals surface area (Å²) in [7, 11) is 0. The van der Waals surface area contributed by atoms with Crippen LogP contribution < -0.4 is 0 Å². The number of benzene rings is 2. The summed E-state index contributed by atoms with van der Waals surface area (Å²) in [6.07, 6.45) is 2.37. The third kappa shape index (κ3) is 4.19. The highest BCUT2D eigenvalue weighted by Gasteiger charge is 2.24. The summed E-state index contributed by atoms with van der Waals surface area (Å²) in [5.74, 6) is 0. The molecule has 2 nitrogen and oxygen atoms in total. The monoisotopic (exact) mass is 255 g/mol. The third-order valence-electron chi connectivity index (χ3n) is 3.40. The minimum absolute atomic E-state index is 0.180. The van der Waals surface area contributed by atoms with Crippen LogP contribution in [-0.4, -0.2) is 23.3 Å². The van der Waals surface area contributed by atoms with Crippen LogP contribution in [0.25, 0.3) is 0 Å². The van der Waals surface area contributed by atoms with E-state index in [9.17, 15) is 0 Å². The first-order valence-electron chi connectivity index (χ1n) is 6.81. The maximum atomic E-state index is 9.12. The van der Waals surface area contributed by atoms with Gasteiger partial charge in [-0.1, -0.05) is 66.7 Å². The Morgan fingerprint density at radius 3 is 1.95 bits per heavy atom. The average molecular weight is 255 g/mol. The largest absolute Gasteiger partial charge is 0.381 e. The topological polar surface area (TPSA) is 23.5 Å². The van der Waals surface area contributed by atoms with Crippen molar-refractivity contribution in [2.75, 3.05) is 13.3 Å². The van der Waals surface area contributed by atoms with E-state index in [-0.39, 0.29) is 6.73 Å². The van der Waals surface area contributed by atoms with E-state index in [0.717, 1.165) is 6.54 Å². The highest BCUT2D eigenvalue weighted by atomic mass is 16.3. The standard InChI is InChI=1S/C11H15NO.C6H6/c13-9-12-8-4-7-11(12)10-5-2-1-3-6-10;1-2-4-6-5-3-1/h1-3,5-6,11,13H,4,7-9H2;1-6H. The third-order valence-corrected chi connectivity index (χ3v) is 3.40. The van der Waals surface area contributed by atoms with Gasteiger partial charge in [0.1, 0.15) is 0 Å². The van der Waals surface area contributed by atoms with E-state index in [1.54, 1.807) is 0 Å².